The van der Waals surface area contributed by atoms with E-state index < -0.39 is 0 Å². The molecule has 0 aliphatic carbocycles. The van der Waals surface area contributed by atoms with E-state index in [-0.39, 0.29) is 23.0 Å². The number of furan rings is 1. The van der Waals surface area contributed by atoms with Gasteiger partial charge in [-0.3, -0.25) is 0 Å². The Hall–Kier alpha value is -6.30. The number of para-hydroxylation sites is 1. The van der Waals surface area contributed by atoms with Crippen LogP contribution in [-0.4, -0.2) is 6.71 Å². The van der Waals surface area contributed by atoms with Crippen molar-refractivity contribution in [3.63, 3.8) is 0 Å². The highest BCUT2D eigenvalue weighted by Crippen LogP contribution is 2.52. The summed E-state index contributed by atoms with van der Waals surface area (Å²) in [6, 6.07) is 52.7. The zero-order chi connectivity index (χ0) is 46.2. The molecule has 0 radical (unpaired) electrons. The lowest BCUT2D eigenvalue weighted by Crippen LogP contribution is -2.61. The van der Waals surface area contributed by atoms with Gasteiger partial charge >= 0.3 is 0 Å². The maximum Gasteiger partial charge on any atom is 0.254 e. The molecule has 2 aliphatic heterocycles. The van der Waals surface area contributed by atoms with Crippen LogP contribution < -0.4 is 26.2 Å². The quantitative estimate of drug-likeness (QED) is 0.164. The molecule has 0 atom stereocenters. The highest BCUT2D eigenvalue weighted by atomic mass is 32.1. The first kappa shape index (κ1) is 42.3. The monoisotopic (exact) mass is 878 g/mol. The lowest BCUT2D eigenvalue weighted by Gasteiger charge is -2.44. The van der Waals surface area contributed by atoms with Gasteiger partial charge in [-0.15, -0.1) is 11.3 Å². The summed E-state index contributed by atoms with van der Waals surface area (Å²) in [7, 11) is 0. The van der Waals surface area contributed by atoms with E-state index in [9.17, 15) is 0 Å². The molecule has 11 rings (SSSR count). The van der Waals surface area contributed by atoms with E-state index in [4.69, 9.17) is 4.42 Å². The van der Waals surface area contributed by atoms with Gasteiger partial charge in [0.1, 0.15) is 11.3 Å². The maximum atomic E-state index is 6.67. The number of benzene rings is 7. The largest absolute Gasteiger partial charge is 0.456 e. The first-order chi connectivity index (χ1) is 31.4. The molecule has 9 aromatic rings. The summed E-state index contributed by atoms with van der Waals surface area (Å²) < 4.78 is 7.98. The van der Waals surface area contributed by atoms with Crippen molar-refractivity contribution in [3.8, 4) is 22.5 Å². The molecule has 5 heteroatoms. The minimum Gasteiger partial charge on any atom is -0.456 e. The van der Waals surface area contributed by atoms with Crippen LogP contribution in [0.25, 0.3) is 43.5 Å². The van der Waals surface area contributed by atoms with Crippen molar-refractivity contribution in [3.05, 3.63) is 173 Å². The summed E-state index contributed by atoms with van der Waals surface area (Å²) in [4.78, 5) is 5.25. The van der Waals surface area contributed by atoms with Crippen LogP contribution in [0, 0.1) is 20.8 Å². The summed E-state index contributed by atoms with van der Waals surface area (Å²) in [5.74, 6) is 0.883. The van der Waals surface area contributed by atoms with Crippen molar-refractivity contribution in [2.75, 3.05) is 9.80 Å². The van der Waals surface area contributed by atoms with Gasteiger partial charge in [0, 0.05) is 38.3 Å². The van der Waals surface area contributed by atoms with Gasteiger partial charge in [-0.05, 0) is 146 Å². The third-order valence-electron chi connectivity index (χ3n) is 14.2. The van der Waals surface area contributed by atoms with E-state index in [0.29, 0.717) is 0 Å². The van der Waals surface area contributed by atoms with Crippen LogP contribution in [0.3, 0.4) is 0 Å². The summed E-state index contributed by atoms with van der Waals surface area (Å²) in [6.45, 7) is 27.8. The van der Waals surface area contributed by atoms with E-state index in [0.717, 1.165) is 22.3 Å². The molecule has 0 saturated carbocycles. The molecule has 0 unspecified atom stereocenters. The topological polar surface area (TPSA) is 19.6 Å². The number of rotatable bonds is 4. The molecule has 0 fully saturated rings. The molecule has 3 nitrogen and oxygen atoms in total. The average molecular weight is 879 g/mol. The number of thiophene rings is 1. The molecule has 66 heavy (non-hydrogen) atoms. The zero-order valence-electron chi connectivity index (χ0n) is 40.6. The molecular weight excluding hydrogens is 820 g/mol. The molecule has 0 N–H and O–H groups in total. The predicted octanol–water partition coefficient (Wildman–Crippen LogP) is 15.9. The van der Waals surface area contributed by atoms with Crippen LogP contribution in [0.5, 0.6) is 0 Å². The molecule has 0 spiro atoms. The van der Waals surface area contributed by atoms with Gasteiger partial charge in [0.05, 0.1) is 16.4 Å². The van der Waals surface area contributed by atoms with Crippen LogP contribution in [0.1, 0.15) is 95.7 Å². The number of aryl methyl sites for hydroxylation is 3. The maximum absolute atomic E-state index is 6.67. The van der Waals surface area contributed by atoms with Gasteiger partial charge < -0.3 is 14.2 Å². The molecule has 2 aromatic heterocycles. The summed E-state index contributed by atoms with van der Waals surface area (Å²) >= 11 is 1.94. The average Bonchev–Trinajstić information content (AvgIpc) is 3.88. The van der Waals surface area contributed by atoms with Crippen LogP contribution in [-0.2, 0) is 16.2 Å². The Morgan fingerprint density at radius 2 is 1.11 bits per heavy atom. The van der Waals surface area contributed by atoms with Crippen LogP contribution >= 0.6 is 11.3 Å². The van der Waals surface area contributed by atoms with Crippen molar-refractivity contribution >= 4 is 88.9 Å². The Morgan fingerprint density at radius 1 is 0.485 bits per heavy atom. The van der Waals surface area contributed by atoms with E-state index in [1.165, 1.54) is 104 Å². The third kappa shape index (κ3) is 6.68. The minimum atomic E-state index is -0.0502. The van der Waals surface area contributed by atoms with Gasteiger partial charge in [0.25, 0.3) is 6.71 Å². The molecule has 2 aliphatic rings. The van der Waals surface area contributed by atoms with E-state index in [1.54, 1.807) is 0 Å². The fourth-order valence-electron chi connectivity index (χ4n) is 10.8. The second-order valence-electron chi connectivity index (χ2n) is 22.0. The van der Waals surface area contributed by atoms with Gasteiger partial charge in [0.2, 0.25) is 0 Å². The van der Waals surface area contributed by atoms with Crippen molar-refractivity contribution in [1.29, 1.82) is 0 Å². The van der Waals surface area contributed by atoms with E-state index >= 15 is 0 Å². The zero-order valence-corrected chi connectivity index (χ0v) is 41.4. The molecule has 0 bridgehead atoms. The van der Waals surface area contributed by atoms with E-state index in [2.05, 4.69) is 232 Å². The summed E-state index contributed by atoms with van der Waals surface area (Å²) in [5, 5.41) is 3.74. The standard InChI is InChI=1S/C61H59BN2OS/c1-36-29-43(60(7,8)9)30-37(2)56(36)64-50-23-18-22-49-55(50)62(54-46-34-42(59(4,5)6)26-28-53(46)66-58(54)64)47-32-41(52-33-40-21-16-17-24-51(40)65-52)25-27-48(47)63(49)57-38(3)31-44(61(10,11)12)35-45(57)39-19-14-13-15-20-39/h13-35H,1-12H3. The number of nitrogens with zero attached hydrogens (tertiary/aromatic N) is 2. The van der Waals surface area contributed by atoms with Gasteiger partial charge in [-0.1, -0.05) is 153 Å². The smallest absolute Gasteiger partial charge is 0.254 e. The number of hydrogen-bond acceptors (Lipinski definition) is 4. The first-order valence-electron chi connectivity index (χ1n) is 23.6. The van der Waals surface area contributed by atoms with Crippen LogP contribution in [0.2, 0.25) is 0 Å². The van der Waals surface area contributed by atoms with Crippen LogP contribution in [0.4, 0.5) is 33.4 Å². The van der Waals surface area contributed by atoms with Crippen molar-refractivity contribution in [1.82, 2.24) is 0 Å². The second-order valence-corrected chi connectivity index (χ2v) is 23.1. The molecule has 0 amide bonds. The number of anilines is 6. The molecular formula is C61H59BN2OS. The van der Waals surface area contributed by atoms with Gasteiger partial charge in [0.15, 0.2) is 0 Å². The molecule has 0 saturated heterocycles. The Bertz CT molecular complexity index is 3370. The number of hydrogen-bond donors (Lipinski definition) is 0. The molecule has 7 aromatic carbocycles. The predicted molar refractivity (Wildman–Crippen MR) is 287 cm³/mol. The Kier molecular flexibility index (Phi) is 9.53. The van der Waals surface area contributed by atoms with Crippen molar-refractivity contribution in [2.24, 2.45) is 0 Å². The second kappa shape index (κ2) is 14.9. The summed E-state index contributed by atoms with van der Waals surface area (Å²) in [5.41, 5.74) is 22.4. The first-order valence-corrected chi connectivity index (χ1v) is 24.4. The van der Waals surface area contributed by atoms with Crippen molar-refractivity contribution < 1.29 is 4.42 Å². The minimum absolute atomic E-state index is 0.0172. The van der Waals surface area contributed by atoms with Crippen LogP contribution in [0.15, 0.2) is 144 Å². The SMILES string of the molecule is Cc1cc(C(C)(C)C)cc(C)c1N1c2cccc3c2B(c2cc(-c4cc5ccccc5o4)ccc2N3c2c(C)cc(C(C)(C)C)cc2-c2ccccc2)c2c1sc1ccc(C(C)(C)C)cc21. The highest BCUT2D eigenvalue weighted by molar-refractivity contribution is 7.26. The fourth-order valence-corrected chi connectivity index (χ4v) is 12.0. The summed E-state index contributed by atoms with van der Waals surface area (Å²) in [6.07, 6.45) is 0. The Labute approximate surface area is 395 Å². The Balaban J connectivity index is 1.28. The lowest BCUT2D eigenvalue weighted by molar-refractivity contribution is 0.589. The molecule has 4 heterocycles. The van der Waals surface area contributed by atoms with Gasteiger partial charge in [-0.2, -0.15) is 0 Å². The third-order valence-corrected chi connectivity index (χ3v) is 15.4. The Morgan fingerprint density at radius 3 is 1.77 bits per heavy atom. The highest BCUT2D eigenvalue weighted by Gasteiger charge is 2.46. The fraction of sp³-hybridized carbons (Fsp3) is 0.246. The van der Waals surface area contributed by atoms with E-state index in [1.807, 2.05) is 11.3 Å². The normalized spacial score (nSPS) is 13.7. The van der Waals surface area contributed by atoms with Crippen molar-refractivity contribution in [2.45, 2.75) is 99.3 Å². The lowest BCUT2D eigenvalue weighted by atomic mass is 9.33. The molecule has 328 valence electrons. The van der Waals surface area contributed by atoms with Gasteiger partial charge in [-0.25, -0.2) is 0 Å². The number of fused-ring (bicyclic) bond motifs is 7.